The minimum Gasteiger partial charge on any atom is -0.202 e. The van der Waals surface area contributed by atoms with Crippen LogP contribution in [-0.2, 0) is 18.3 Å². The summed E-state index contributed by atoms with van der Waals surface area (Å²) in [7, 11) is 0. The second-order valence-electron chi connectivity index (χ2n) is 3.61. The average Bonchev–Trinajstić information content (AvgIpc) is 2.12. The highest BCUT2D eigenvalue weighted by atomic mass is 19.4. The Hall–Kier alpha value is -1.34. The van der Waals surface area contributed by atoms with Crippen LogP contribution in [0.1, 0.15) is 23.6 Å². The van der Waals surface area contributed by atoms with Gasteiger partial charge in [-0.1, -0.05) is 6.07 Å². The first-order chi connectivity index (χ1) is 7.85. The van der Waals surface area contributed by atoms with E-state index in [1.165, 1.54) is 0 Å². The minimum atomic E-state index is -5.28. The molecule has 0 fully saturated rings. The Bertz CT molecular complexity index is 402. The zero-order valence-corrected chi connectivity index (χ0v) is 8.76. The van der Waals surface area contributed by atoms with E-state index in [1.807, 2.05) is 0 Å². The van der Waals surface area contributed by atoms with Gasteiger partial charge in [-0.3, -0.25) is 0 Å². The van der Waals surface area contributed by atoms with Crippen molar-refractivity contribution in [3.63, 3.8) is 0 Å². The van der Waals surface area contributed by atoms with Gasteiger partial charge >= 0.3 is 12.4 Å². The first-order valence-electron chi connectivity index (χ1n) is 4.51. The predicted octanol–water partition coefficient (Wildman–Crippen LogP) is 4.84. The van der Waals surface area contributed by atoms with E-state index in [0.717, 1.165) is 0 Å². The van der Waals surface area contributed by atoms with Crippen LogP contribution in [0.25, 0.3) is 0 Å². The summed E-state index contributed by atoms with van der Waals surface area (Å²) in [5, 5.41) is 0. The van der Waals surface area contributed by atoms with Gasteiger partial charge in [0.2, 0.25) is 0 Å². The van der Waals surface area contributed by atoms with Gasteiger partial charge < -0.3 is 0 Å². The van der Waals surface area contributed by atoms with Crippen molar-refractivity contribution in [2.45, 2.75) is 25.2 Å². The van der Waals surface area contributed by atoms with Gasteiger partial charge in [0, 0.05) is 12.5 Å². The Kier molecular flexibility index (Phi) is 3.35. The van der Waals surface area contributed by atoms with Gasteiger partial charge in [0.05, 0.1) is 11.1 Å². The molecule has 1 aromatic rings. The van der Waals surface area contributed by atoms with Gasteiger partial charge in [-0.05, 0) is 12.1 Å². The van der Waals surface area contributed by atoms with Crippen LogP contribution in [0, 0.1) is 0 Å². The van der Waals surface area contributed by atoms with Gasteiger partial charge in [0.1, 0.15) is 0 Å². The van der Waals surface area contributed by atoms with Crippen molar-refractivity contribution in [3.05, 3.63) is 34.9 Å². The molecule has 8 heteroatoms. The number of rotatable bonds is 1. The highest BCUT2D eigenvalue weighted by Crippen LogP contribution is 2.45. The third kappa shape index (κ3) is 2.91. The minimum absolute atomic E-state index is 0.00713. The summed E-state index contributed by atoms with van der Waals surface area (Å²) in [6, 6.07) is 0.838. The number of benzene rings is 1. The topological polar surface area (TPSA) is 0 Å². The van der Waals surface area contributed by atoms with Crippen LogP contribution in [0.5, 0.6) is 0 Å². The van der Waals surface area contributed by atoms with E-state index in [2.05, 4.69) is 0 Å². The Balaban J connectivity index is 3.68. The predicted molar refractivity (Wildman–Crippen MR) is 46.0 cm³/mol. The molecule has 0 heterocycles. The second kappa shape index (κ2) is 4.10. The number of halogens is 8. The molecule has 1 rings (SSSR count). The second-order valence-corrected chi connectivity index (χ2v) is 3.61. The molecule has 0 bridgehead atoms. The van der Waals surface area contributed by atoms with Gasteiger partial charge in [0.15, 0.2) is 0 Å². The Labute approximate surface area is 96.2 Å². The fraction of sp³-hybridized carbons (Fsp3) is 0.400. The van der Waals surface area contributed by atoms with Crippen molar-refractivity contribution in [1.29, 1.82) is 0 Å². The molecule has 0 unspecified atom stereocenters. The van der Waals surface area contributed by atoms with Crippen LogP contribution < -0.4 is 0 Å². The maximum atomic E-state index is 13.0. The summed E-state index contributed by atoms with van der Waals surface area (Å²) in [5.41, 5.74) is -6.01. The van der Waals surface area contributed by atoms with Gasteiger partial charge in [0.25, 0.3) is 5.92 Å². The SMILES string of the molecule is CC(F)(F)c1c(C(F)(F)F)cccc1C(F)(F)F. The lowest BCUT2D eigenvalue weighted by molar-refractivity contribution is -0.150. The van der Waals surface area contributed by atoms with Crippen LogP contribution in [0.2, 0.25) is 0 Å². The fourth-order valence-electron chi connectivity index (χ4n) is 1.50. The van der Waals surface area contributed by atoms with Crippen molar-refractivity contribution in [2.75, 3.05) is 0 Å². The molecule has 0 nitrogen and oxygen atoms in total. The molecule has 0 aliphatic carbocycles. The lowest BCUT2D eigenvalue weighted by atomic mass is 9.95. The van der Waals surface area contributed by atoms with Crippen molar-refractivity contribution >= 4 is 0 Å². The monoisotopic (exact) mass is 278 g/mol. The number of hydrogen-bond donors (Lipinski definition) is 0. The third-order valence-electron chi connectivity index (χ3n) is 2.11. The maximum absolute atomic E-state index is 13.0. The van der Waals surface area contributed by atoms with Crippen LogP contribution in [0.15, 0.2) is 18.2 Å². The first kappa shape index (κ1) is 14.7. The third-order valence-corrected chi connectivity index (χ3v) is 2.11. The lowest BCUT2D eigenvalue weighted by Crippen LogP contribution is -2.23. The molecule has 0 aliphatic heterocycles. The molecular formula is C10H6F8. The Morgan fingerprint density at radius 2 is 1.06 bits per heavy atom. The van der Waals surface area contributed by atoms with E-state index in [0.29, 0.717) is 6.07 Å². The van der Waals surface area contributed by atoms with Crippen molar-refractivity contribution in [2.24, 2.45) is 0 Å². The van der Waals surface area contributed by atoms with E-state index in [4.69, 9.17) is 0 Å². The van der Waals surface area contributed by atoms with E-state index >= 15 is 0 Å². The first-order valence-corrected chi connectivity index (χ1v) is 4.51. The number of hydrogen-bond acceptors (Lipinski definition) is 0. The van der Waals surface area contributed by atoms with Gasteiger partial charge in [-0.15, -0.1) is 0 Å². The normalized spacial score (nSPS) is 13.8. The molecule has 0 saturated heterocycles. The van der Waals surface area contributed by atoms with Crippen LogP contribution in [-0.4, -0.2) is 0 Å². The summed E-state index contributed by atoms with van der Waals surface area (Å²) in [6.07, 6.45) is -10.6. The van der Waals surface area contributed by atoms with Gasteiger partial charge in [-0.2, -0.15) is 26.3 Å². The summed E-state index contributed by atoms with van der Waals surface area (Å²) < 4.78 is 101. The van der Waals surface area contributed by atoms with E-state index in [9.17, 15) is 35.1 Å². The molecule has 0 N–H and O–H groups in total. The summed E-state index contributed by atoms with van der Waals surface area (Å²) in [4.78, 5) is 0. The van der Waals surface area contributed by atoms with Crippen LogP contribution >= 0.6 is 0 Å². The Morgan fingerprint density at radius 3 is 1.28 bits per heavy atom. The van der Waals surface area contributed by atoms with E-state index in [1.54, 1.807) is 0 Å². The molecule has 102 valence electrons. The zero-order chi connectivity index (χ0) is 14.4. The zero-order valence-electron chi connectivity index (χ0n) is 8.76. The van der Waals surface area contributed by atoms with Crippen molar-refractivity contribution < 1.29 is 35.1 Å². The maximum Gasteiger partial charge on any atom is 0.416 e. The highest BCUT2D eigenvalue weighted by molar-refractivity contribution is 5.41. The molecular weight excluding hydrogens is 272 g/mol. The quantitative estimate of drug-likeness (QED) is 0.645. The number of alkyl halides is 8. The molecule has 0 atom stereocenters. The molecule has 0 amide bonds. The van der Waals surface area contributed by atoms with Crippen molar-refractivity contribution in [1.82, 2.24) is 0 Å². The standard InChI is InChI=1S/C10H6F8/c1-8(11,12)7-5(9(13,14)15)3-2-4-6(7)10(16,17)18/h2-4H,1H3. The van der Waals surface area contributed by atoms with Crippen LogP contribution in [0.3, 0.4) is 0 Å². The Morgan fingerprint density at radius 1 is 0.722 bits per heavy atom. The van der Waals surface area contributed by atoms with Crippen molar-refractivity contribution in [3.8, 4) is 0 Å². The molecule has 0 saturated carbocycles. The molecule has 0 radical (unpaired) electrons. The molecule has 1 aromatic carbocycles. The largest absolute Gasteiger partial charge is 0.416 e. The molecule has 0 aromatic heterocycles. The fourth-order valence-corrected chi connectivity index (χ4v) is 1.50. The summed E-state index contributed by atoms with van der Waals surface area (Å²) in [5.74, 6) is -4.25. The molecule has 0 spiro atoms. The van der Waals surface area contributed by atoms with Gasteiger partial charge in [-0.25, -0.2) is 8.78 Å². The highest BCUT2D eigenvalue weighted by Gasteiger charge is 2.47. The summed E-state index contributed by atoms with van der Waals surface area (Å²) >= 11 is 0. The average molecular weight is 278 g/mol. The van der Waals surface area contributed by atoms with E-state index < -0.39 is 35.0 Å². The smallest absolute Gasteiger partial charge is 0.202 e. The van der Waals surface area contributed by atoms with E-state index in [-0.39, 0.29) is 19.1 Å². The van der Waals surface area contributed by atoms with Crippen LogP contribution in [0.4, 0.5) is 35.1 Å². The molecule has 0 aliphatic rings. The molecule has 18 heavy (non-hydrogen) atoms. The summed E-state index contributed by atoms with van der Waals surface area (Å²) in [6.45, 7) is -0.00713. The lowest BCUT2D eigenvalue weighted by Gasteiger charge is -2.22.